The molecule has 0 radical (unpaired) electrons. The molecule has 2 aromatic heterocycles. The van der Waals surface area contributed by atoms with Gasteiger partial charge in [0.15, 0.2) is 5.78 Å². The molecule has 0 spiro atoms. The van der Waals surface area contributed by atoms with Gasteiger partial charge in [-0.05, 0) is 44.0 Å². The topological polar surface area (TPSA) is 88.9 Å². The van der Waals surface area contributed by atoms with E-state index in [1.54, 1.807) is 25.4 Å². The van der Waals surface area contributed by atoms with Gasteiger partial charge in [0.1, 0.15) is 11.5 Å². The van der Waals surface area contributed by atoms with E-state index in [1.807, 2.05) is 39.0 Å². The highest BCUT2D eigenvalue weighted by Crippen LogP contribution is 2.45. The summed E-state index contributed by atoms with van der Waals surface area (Å²) in [4.78, 5) is 44.0. The molecule has 0 saturated carbocycles. The molecule has 1 aromatic carbocycles. The van der Waals surface area contributed by atoms with Crippen LogP contribution < -0.4 is 4.90 Å². The van der Waals surface area contributed by atoms with E-state index in [4.69, 9.17) is 0 Å². The number of hydrogen-bond acceptors (Lipinski definition) is 6. The summed E-state index contributed by atoms with van der Waals surface area (Å²) in [7, 11) is 0. The molecule has 146 valence electrons. The van der Waals surface area contributed by atoms with E-state index in [0.29, 0.717) is 23.6 Å². The van der Waals surface area contributed by atoms with E-state index in [2.05, 4.69) is 19.9 Å². The number of aryl methyl sites for hydroxylation is 1. The Hall–Kier alpha value is -3.48. The van der Waals surface area contributed by atoms with Crippen LogP contribution in [0.5, 0.6) is 0 Å². The Balaban J connectivity index is 1.86. The molecule has 0 N–H and O–H groups in total. The minimum Gasteiger partial charge on any atom is -0.292 e. The maximum Gasteiger partial charge on any atom is 0.244 e. The van der Waals surface area contributed by atoms with Crippen molar-refractivity contribution < 1.29 is 9.59 Å². The lowest BCUT2D eigenvalue weighted by Crippen LogP contribution is -2.34. The SMILES string of the molecule is CCC(=O)c1ccnc(N2C(=O)C(C)(C)c3ccc(-c4cnc(C)nc4)cc32)n1. The predicted octanol–water partition coefficient (Wildman–Crippen LogP) is 3.79. The highest BCUT2D eigenvalue weighted by molar-refractivity contribution is 6.12. The van der Waals surface area contributed by atoms with E-state index >= 15 is 0 Å². The minimum absolute atomic E-state index is 0.0923. The molecule has 0 saturated heterocycles. The Labute approximate surface area is 168 Å². The van der Waals surface area contributed by atoms with Gasteiger partial charge in [-0.3, -0.25) is 9.59 Å². The summed E-state index contributed by atoms with van der Waals surface area (Å²) in [6, 6.07) is 7.41. The molecule has 0 bridgehead atoms. The zero-order chi connectivity index (χ0) is 20.8. The van der Waals surface area contributed by atoms with Gasteiger partial charge in [-0.15, -0.1) is 0 Å². The summed E-state index contributed by atoms with van der Waals surface area (Å²) >= 11 is 0. The summed E-state index contributed by atoms with van der Waals surface area (Å²) in [5.74, 6) is 0.674. The number of Topliss-reactive ketones (excluding diaryl/α,β-unsaturated/α-hetero) is 1. The molecule has 0 atom stereocenters. The van der Waals surface area contributed by atoms with Crippen LogP contribution in [0.2, 0.25) is 0 Å². The molecule has 29 heavy (non-hydrogen) atoms. The molecule has 7 nitrogen and oxygen atoms in total. The van der Waals surface area contributed by atoms with Gasteiger partial charge in [-0.1, -0.05) is 19.1 Å². The van der Waals surface area contributed by atoms with Crippen molar-refractivity contribution >= 4 is 23.3 Å². The second-order valence-electron chi connectivity index (χ2n) is 7.54. The van der Waals surface area contributed by atoms with Crippen molar-refractivity contribution in [2.75, 3.05) is 4.90 Å². The van der Waals surface area contributed by atoms with Crippen LogP contribution in [0, 0.1) is 6.92 Å². The average Bonchev–Trinajstić information content (AvgIpc) is 2.93. The highest BCUT2D eigenvalue weighted by Gasteiger charge is 2.45. The number of rotatable bonds is 4. The molecule has 1 amide bonds. The van der Waals surface area contributed by atoms with Crippen molar-refractivity contribution in [3.8, 4) is 11.1 Å². The minimum atomic E-state index is -0.730. The van der Waals surface area contributed by atoms with Gasteiger partial charge in [-0.2, -0.15) is 0 Å². The maximum absolute atomic E-state index is 13.3. The molecule has 0 fully saturated rings. The molecular formula is C22H21N5O2. The maximum atomic E-state index is 13.3. The second kappa shape index (κ2) is 6.84. The van der Waals surface area contributed by atoms with Crippen LogP contribution in [0.3, 0.4) is 0 Å². The number of nitrogens with zero attached hydrogens (tertiary/aromatic N) is 5. The molecule has 1 aliphatic rings. The fourth-order valence-corrected chi connectivity index (χ4v) is 3.46. The van der Waals surface area contributed by atoms with E-state index in [-0.39, 0.29) is 17.6 Å². The molecule has 3 heterocycles. The molecule has 4 rings (SSSR count). The fraction of sp³-hybridized carbons (Fsp3) is 0.273. The Morgan fingerprint density at radius 3 is 2.48 bits per heavy atom. The molecule has 7 heteroatoms. The fourth-order valence-electron chi connectivity index (χ4n) is 3.46. The largest absolute Gasteiger partial charge is 0.292 e. The number of fused-ring (bicyclic) bond motifs is 1. The third-order valence-corrected chi connectivity index (χ3v) is 5.21. The third-order valence-electron chi connectivity index (χ3n) is 5.21. The molecular weight excluding hydrogens is 366 g/mol. The van der Waals surface area contributed by atoms with Crippen molar-refractivity contribution in [2.45, 2.75) is 39.5 Å². The van der Waals surface area contributed by atoms with Gasteiger partial charge in [-0.25, -0.2) is 24.8 Å². The van der Waals surface area contributed by atoms with Crippen molar-refractivity contribution in [1.82, 2.24) is 19.9 Å². The van der Waals surface area contributed by atoms with Gasteiger partial charge >= 0.3 is 0 Å². The van der Waals surface area contributed by atoms with Crippen LogP contribution in [-0.2, 0) is 10.2 Å². The molecule has 0 unspecified atom stereocenters. The standard InChI is InChI=1S/C22H21N5O2/c1-5-19(28)17-8-9-23-21(26-17)27-18-10-14(15-11-24-13(2)25-12-15)6-7-16(18)22(3,4)20(27)29/h6-12H,5H2,1-4H3. The zero-order valence-corrected chi connectivity index (χ0v) is 16.8. The van der Waals surface area contributed by atoms with E-state index in [1.165, 1.54) is 11.1 Å². The van der Waals surface area contributed by atoms with Crippen LogP contribution in [0.4, 0.5) is 11.6 Å². The van der Waals surface area contributed by atoms with Gasteiger partial charge in [0.25, 0.3) is 0 Å². The Kier molecular flexibility index (Phi) is 4.45. The van der Waals surface area contributed by atoms with E-state index < -0.39 is 5.41 Å². The number of carbonyl (C=O) groups excluding carboxylic acids is 2. The first-order chi connectivity index (χ1) is 13.8. The zero-order valence-electron chi connectivity index (χ0n) is 16.8. The number of benzene rings is 1. The second-order valence-corrected chi connectivity index (χ2v) is 7.54. The summed E-state index contributed by atoms with van der Waals surface area (Å²) in [5, 5.41) is 0. The van der Waals surface area contributed by atoms with Gasteiger partial charge in [0.05, 0.1) is 11.1 Å². The summed E-state index contributed by atoms with van der Waals surface area (Å²) in [6.07, 6.45) is 5.37. The number of aromatic nitrogens is 4. The van der Waals surface area contributed by atoms with Crippen LogP contribution in [0.15, 0.2) is 42.9 Å². The number of carbonyl (C=O) groups is 2. The predicted molar refractivity (Wildman–Crippen MR) is 109 cm³/mol. The number of amides is 1. The van der Waals surface area contributed by atoms with Crippen LogP contribution >= 0.6 is 0 Å². The average molecular weight is 387 g/mol. The Morgan fingerprint density at radius 2 is 1.79 bits per heavy atom. The molecule has 3 aromatic rings. The highest BCUT2D eigenvalue weighted by atomic mass is 16.2. The van der Waals surface area contributed by atoms with Crippen molar-refractivity contribution in [3.63, 3.8) is 0 Å². The molecule has 1 aliphatic heterocycles. The van der Waals surface area contributed by atoms with Gasteiger partial charge < -0.3 is 0 Å². The Morgan fingerprint density at radius 1 is 1.07 bits per heavy atom. The lowest BCUT2D eigenvalue weighted by atomic mass is 9.85. The number of anilines is 2. The van der Waals surface area contributed by atoms with Gasteiger partial charge in [0.2, 0.25) is 11.9 Å². The smallest absolute Gasteiger partial charge is 0.244 e. The monoisotopic (exact) mass is 387 g/mol. The van der Waals surface area contributed by atoms with E-state index in [0.717, 1.165) is 16.7 Å². The summed E-state index contributed by atoms with van der Waals surface area (Å²) in [5.41, 5.74) is 2.91. The summed E-state index contributed by atoms with van der Waals surface area (Å²) in [6.45, 7) is 7.37. The van der Waals surface area contributed by atoms with Crippen LogP contribution in [0.25, 0.3) is 11.1 Å². The van der Waals surface area contributed by atoms with Gasteiger partial charge in [0, 0.05) is 30.6 Å². The summed E-state index contributed by atoms with van der Waals surface area (Å²) < 4.78 is 0. The quantitative estimate of drug-likeness (QED) is 0.633. The Bertz CT molecular complexity index is 1120. The number of hydrogen-bond donors (Lipinski definition) is 0. The van der Waals surface area contributed by atoms with Crippen molar-refractivity contribution in [3.05, 3.63) is 59.9 Å². The number of ketones is 1. The van der Waals surface area contributed by atoms with Crippen molar-refractivity contribution in [2.24, 2.45) is 0 Å². The molecule has 0 aliphatic carbocycles. The normalized spacial score (nSPS) is 14.8. The first kappa shape index (κ1) is 18.9. The first-order valence-corrected chi connectivity index (χ1v) is 9.47. The third kappa shape index (κ3) is 3.08. The lowest BCUT2D eigenvalue weighted by molar-refractivity contribution is -0.121. The van der Waals surface area contributed by atoms with E-state index in [9.17, 15) is 9.59 Å². The first-order valence-electron chi connectivity index (χ1n) is 9.47. The van der Waals surface area contributed by atoms with Crippen LogP contribution in [-0.4, -0.2) is 31.6 Å². The van der Waals surface area contributed by atoms with Crippen LogP contribution in [0.1, 0.15) is 49.1 Å². The van der Waals surface area contributed by atoms with Crippen molar-refractivity contribution in [1.29, 1.82) is 0 Å². The lowest BCUT2D eigenvalue weighted by Gasteiger charge is -2.19.